The summed E-state index contributed by atoms with van der Waals surface area (Å²) >= 11 is 1.84. The number of nitrogens with zero attached hydrogens (tertiary/aromatic N) is 2. The maximum absolute atomic E-state index is 5.31. The van der Waals surface area contributed by atoms with Crippen LogP contribution < -0.4 is 10.9 Å². The van der Waals surface area contributed by atoms with E-state index in [1.165, 1.54) is 37.5 Å². The highest BCUT2D eigenvalue weighted by atomic mass is 32.1. The van der Waals surface area contributed by atoms with Crippen molar-refractivity contribution in [2.45, 2.75) is 12.8 Å². The molecule has 0 radical (unpaired) electrons. The van der Waals surface area contributed by atoms with Crippen LogP contribution in [-0.4, -0.2) is 9.55 Å². The Bertz CT molecular complexity index is 1800. The van der Waals surface area contributed by atoms with Crippen LogP contribution in [0.5, 0.6) is 0 Å². The molecule has 182 valence electrons. The number of allylic oxidation sites excluding steroid dienone is 1. The lowest BCUT2D eigenvalue weighted by atomic mass is 10.0. The van der Waals surface area contributed by atoms with Crippen LogP contribution in [0.2, 0.25) is 0 Å². The maximum Gasteiger partial charge on any atom is 0.138 e. The summed E-state index contributed by atoms with van der Waals surface area (Å²) in [6.07, 6.45) is 6.53. The van der Waals surface area contributed by atoms with Crippen molar-refractivity contribution in [1.82, 2.24) is 9.55 Å². The van der Waals surface area contributed by atoms with E-state index < -0.39 is 0 Å². The number of hydrazine groups is 1. The lowest BCUT2D eigenvalue weighted by Gasteiger charge is -2.21. The Kier molecular flexibility index (Phi) is 4.79. The monoisotopic (exact) mass is 508 g/mol. The third-order valence-electron chi connectivity index (χ3n) is 7.48. The van der Waals surface area contributed by atoms with Crippen molar-refractivity contribution in [3.8, 4) is 38.8 Å². The molecular formula is C33H24N4S. The number of aromatic nitrogens is 2. The van der Waals surface area contributed by atoms with Gasteiger partial charge in [0.2, 0.25) is 0 Å². The molecule has 4 heterocycles. The zero-order valence-corrected chi connectivity index (χ0v) is 21.4. The van der Waals surface area contributed by atoms with E-state index in [1.807, 2.05) is 11.3 Å². The van der Waals surface area contributed by atoms with Crippen molar-refractivity contribution < 1.29 is 0 Å². The highest BCUT2D eigenvalue weighted by Gasteiger charge is 2.31. The Hall–Kier alpha value is -4.61. The predicted molar refractivity (Wildman–Crippen MR) is 160 cm³/mol. The molecule has 0 atom stereocenters. The van der Waals surface area contributed by atoms with Crippen molar-refractivity contribution >= 4 is 38.9 Å². The molecule has 0 unspecified atom stereocenters. The molecule has 0 saturated carbocycles. The number of pyridine rings is 1. The number of hydrogen-bond donors (Lipinski definition) is 2. The minimum absolute atomic E-state index is 0.949. The van der Waals surface area contributed by atoms with Gasteiger partial charge in [-0.2, -0.15) is 0 Å². The van der Waals surface area contributed by atoms with Gasteiger partial charge in [0.15, 0.2) is 0 Å². The fraction of sp³-hybridized carbons (Fsp3) is 0.0606. The number of benzene rings is 3. The summed E-state index contributed by atoms with van der Waals surface area (Å²) in [5, 5.41) is 1.24. The van der Waals surface area contributed by atoms with Crippen LogP contribution in [0, 0.1) is 0 Å². The molecule has 38 heavy (non-hydrogen) atoms. The molecule has 1 aliphatic heterocycles. The van der Waals surface area contributed by atoms with Crippen molar-refractivity contribution in [2.24, 2.45) is 0 Å². The highest BCUT2D eigenvalue weighted by Crippen LogP contribution is 2.52. The number of thiophene rings is 1. The first-order valence-corrected chi connectivity index (χ1v) is 13.8. The van der Waals surface area contributed by atoms with Crippen molar-refractivity contribution in [2.75, 3.05) is 10.9 Å². The number of nitrogens with one attached hydrogen (secondary N) is 2. The fourth-order valence-corrected chi connectivity index (χ4v) is 6.93. The van der Waals surface area contributed by atoms with Gasteiger partial charge in [-0.3, -0.25) is 15.4 Å². The molecule has 8 rings (SSSR count). The van der Waals surface area contributed by atoms with Crippen LogP contribution in [0.15, 0.2) is 103 Å². The lowest BCUT2D eigenvalue weighted by molar-refractivity contribution is 0.862. The zero-order valence-electron chi connectivity index (χ0n) is 20.6. The van der Waals surface area contributed by atoms with Gasteiger partial charge in [0.25, 0.3) is 0 Å². The Balaban J connectivity index is 1.44. The molecule has 2 N–H and O–H groups in total. The minimum Gasteiger partial charge on any atom is -0.299 e. The van der Waals surface area contributed by atoms with Gasteiger partial charge in [-0.15, -0.1) is 11.3 Å². The molecule has 3 aromatic heterocycles. The van der Waals surface area contributed by atoms with E-state index in [4.69, 9.17) is 4.98 Å². The third kappa shape index (κ3) is 3.25. The van der Waals surface area contributed by atoms with E-state index in [0.717, 1.165) is 46.9 Å². The molecule has 1 aliphatic carbocycles. The Morgan fingerprint density at radius 3 is 2.32 bits per heavy atom. The van der Waals surface area contributed by atoms with Crippen molar-refractivity contribution in [3.05, 3.63) is 114 Å². The number of rotatable bonds is 3. The summed E-state index contributed by atoms with van der Waals surface area (Å²) in [7, 11) is 0. The molecule has 0 fully saturated rings. The first kappa shape index (κ1) is 21.5. The second-order valence-electron chi connectivity index (χ2n) is 9.74. The van der Waals surface area contributed by atoms with Crippen LogP contribution >= 0.6 is 11.3 Å². The van der Waals surface area contributed by atoms with Crippen LogP contribution in [-0.2, 0) is 6.42 Å². The van der Waals surface area contributed by atoms with Gasteiger partial charge in [0, 0.05) is 26.9 Å². The van der Waals surface area contributed by atoms with E-state index in [9.17, 15) is 0 Å². The Morgan fingerprint density at radius 1 is 0.737 bits per heavy atom. The van der Waals surface area contributed by atoms with E-state index in [1.54, 1.807) is 0 Å². The van der Waals surface area contributed by atoms with Gasteiger partial charge in [0.05, 0.1) is 27.6 Å². The average Bonchev–Trinajstić information content (AvgIpc) is 3.54. The van der Waals surface area contributed by atoms with Crippen molar-refractivity contribution in [1.29, 1.82) is 0 Å². The van der Waals surface area contributed by atoms with Gasteiger partial charge in [-0.1, -0.05) is 91.0 Å². The van der Waals surface area contributed by atoms with Crippen LogP contribution in [0.4, 0.5) is 11.4 Å². The molecule has 0 amide bonds. The molecule has 3 aromatic carbocycles. The summed E-state index contributed by atoms with van der Waals surface area (Å²) in [6.45, 7) is 0. The van der Waals surface area contributed by atoms with Gasteiger partial charge in [-0.25, -0.2) is 4.98 Å². The van der Waals surface area contributed by atoms with E-state index >= 15 is 0 Å². The smallest absolute Gasteiger partial charge is 0.138 e. The highest BCUT2D eigenvalue weighted by molar-refractivity contribution is 7.23. The first-order valence-electron chi connectivity index (χ1n) is 13.0. The van der Waals surface area contributed by atoms with Gasteiger partial charge in [0.1, 0.15) is 5.82 Å². The van der Waals surface area contributed by atoms with E-state index in [0.29, 0.717) is 0 Å². The van der Waals surface area contributed by atoms with E-state index in [2.05, 4.69) is 125 Å². The maximum atomic E-state index is 5.31. The fourth-order valence-electron chi connectivity index (χ4n) is 5.73. The zero-order chi connectivity index (χ0) is 25.1. The normalized spacial score (nSPS) is 13.4. The van der Waals surface area contributed by atoms with Crippen LogP contribution in [0.25, 0.3) is 54.9 Å². The van der Waals surface area contributed by atoms with E-state index in [-0.39, 0.29) is 0 Å². The molecule has 0 saturated heterocycles. The number of fused-ring (bicyclic) bond motifs is 7. The summed E-state index contributed by atoms with van der Waals surface area (Å²) < 4.78 is 3.69. The number of hydrogen-bond acceptors (Lipinski definition) is 4. The first-order chi connectivity index (χ1) is 18.8. The van der Waals surface area contributed by atoms with Gasteiger partial charge >= 0.3 is 0 Å². The largest absolute Gasteiger partial charge is 0.299 e. The second-order valence-corrected chi connectivity index (χ2v) is 10.8. The topological polar surface area (TPSA) is 41.9 Å². The van der Waals surface area contributed by atoms with Crippen LogP contribution in [0.1, 0.15) is 17.7 Å². The Morgan fingerprint density at radius 2 is 1.47 bits per heavy atom. The average molecular weight is 509 g/mol. The molecule has 0 spiro atoms. The minimum atomic E-state index is 0.949. The van der Waals surface area contributed by atoms with Gasteiger partial charge in [-0.05, 0) is 42.2 Å². The van der Waals surface area contributed by atoms with Gasteiger partial charge < -0.3 is 0 Å². The predicted octanol–water partition coefficient (Wildman–Crippen LogP) is 8.80. The summed E-state index contributed by atoms with van der Waals surface area (Å²) in [6, 6.07) is 34.2. The summed E-state index contributed by atoms with van der Waals surface area (Å²) in [5.41, 5.74) is 17.5. The molecular weight excluding hydrogens is 484 g/mol. The lowest BCUT2D eigenvalue weighted by Crippen LogP contribution is -2.15. The van der Waals surface area contributed by atoms with Crippen LogP contribution in [0.3, 0.4) is 0 Å². The third-order valence-corrected chi connectivity index (χ3v) is 8.66. The molecule has 0 bridgehead atoms. The SMILES string of the molecule is C1=Cc2c3c(n(-c4cc(-c5ccccc5)cc(-c5ccccc5)n4)c2CC1)-c1sc2ccccc2c1NN3. The molecule has 2 aliphatic rings. The molecule has 6 aromatic rings. The summed E-state index contributed by atoms with van der Waals surface area (Å²) in [5.74, 6) is 0.949. The second kappa shape index (κ2) is 8.47. The molecule has 5 heteroatoms. The quantitative estimate of drug-likeness (QED) is 0.251. The molecule has 4 nitrogen and oxygen atoms in total. The summed E-state index contributed by atoms with van der Waals surface area (Å²) in [4.78, 5) is 6.56. The Labute approximate surface area is 224 Å². The number of anilines is 2. The van der Waals surface area contributed by atoms with Crippen molar-refractivity contribution in [3.63, 3.8) is 0 Å². The standard InChI is InChI=1S/C33H24N4S/c1-3-11-21(12-4-1)23-19-26(22-13-5-2-6-14-22)34-29(20-23)37-27-17-9-7-15-24(27)30-32(37)33-31(36-35-30)25-16-8-10-18-28(25)38-33/h1-8,10-16,18-20,35-36H,9,17H2.